The van der Waals surface area contributed by atoms with Crippen molar-refractivity contribution in [2.45, 2.75) is 38.8 Å². The Bertz CT molecular complexity index is 1040. The van der Waals surface area contributed by atoms with Crippen molar-refractivity contribution in [3.05, 3.63) is 52.1 Å². The molecule has 27 heavy (non-hydrogen) atoms. The van der Waals surface area contributed by atoms with E-state index in [1.54, 1.807) is 12.1 Å². The number of aromatic nitrogens is 2. The number of nitrogens with zero attached hydrogens (tertiary/aromatic N) is 3. The molecular weight excluding hydrogens is 365 g/mol. The van der Waals surface area contributed by atoms with Crippen LogP contribution >= 0.6 is 11.3 Å². The quantitative estimate of drug-likeness (QED) is 0.691. The summed E-state index contributed by atoms with van der Waals surface area (Å²) in [7, 11) is 0. The number of amides is 1. The van der Waals surface area contributed by atoms with Crippen molar-refractivity contribution in [3.63, 3.8) is 0 Å². The first-order chi connectivity index (χ1) is 13.0. The van der Waals surface area contributed by atoms with Crippen molar-refractivity contribution in [2.75, 3.05) is 6.54 Å². The fraction of sp³-hybridized carbons (Fsp3) is 0.350. The lowest BCUT2D eigenvalue weighted by Gasteiger charge is -2.33. The zero-order chi connectivity index (χ0) is 19.0. The van der Waals surface area contributed by atoms with Gasteiger partial charge in [-0.05, 0) is 43.9 Å². The molecule has 0 bridgehead atoms. The molecule has 1 atom stereocenters. The predicted octanol–water partition coefficient (Wildman–Crippen LogP) is 3.67. The van der Waals surface area contributed by atoms with E-state index in [0.717, 1.165) is 36.9 Å². The van der Waals surface area contributed by atoms with Gasteiger partial charge in [-0.1, -0.05) is 12.1 Å². The maximum atomic E-state index is 13.2. The summed E-state index contributed by atoms with van der Waals surface area (Å²) >= 11 is 1.37. The molecule has 0 radical (unpaired) electrons. The van der Waals surface area contributed by atoms with Gasteiger partial charge in [0.15, 0.2) is 0 Å². The zero-order valence-corrected chi connectivity index (χ0v) is 15.8. The highest BCUT2D eigenvalue weighted by molar-refractivity contribution is 7.17. The normalized spacial score (nSPS) is 17.4. The largest absolute Gasteiger partial charge is 0.338 e. The monoisotopic (exact) mass is 385 g/mol. The third-order valence-corrected chi connectivity index (χ3v) is 6.03. The smallest absolute Gasteiger partial charge is 0.263 e. The molecule has 140 valence electrons. The third-order valence-electron chi connectivity index (χ3n) is 5.14. The van der Waals surface area contributed by atoms with Crippen molar-refractivity contribution in [3.8, 4) is 11.1 Å². The molecule has 0 saturated carbocycles. The average molecular weight is 385 g/mol. The molecule has 0 aliphatic carbocycles. The summed E-state index contributed by atoms with van der Waals surface area (Å²) in [6.45, 7) is 2.78. The van der Waals surface area contributed by atoms with Crippen LogP contribution in [0.1, 0.15) is 26.2 Å². The number of halogens is 1. The van der Waals surface area contributed by atoms with E-state index in [0.29, 0.717) is 10.2 Å². The standard InChI is InChI=1S/C20H20FN3O2S/c1-13-4-2-3-9-24(13)17(25)10-23-12-22-19-18(20(23)26)16(11-27-19)14-5-7-15(21)8-6-14/h5-8,11-13H,2-4,9-10H2,1H3/t13-/m1/s1. The number of piperidine rings is 1. The van der Waals surface area contributed by atoms with Crippen LogP contribution in [0.2, 0.25) is 0 Å². The van der Waals surface area contributed by atoms with Gasteiger partial charge in [0.25, 0.3) is 5.56 Å². The van der Waals surface area contributed by atoms with E-state index in [9.17, 15) is 14.0 Å². The second-order valence-electron chi connectivity index (χ2n) is 6.95. The van der Waals surface area contributed by atoms with Crippen molar-refractivity contribution in [1.29, 1.82) is 0 Å². The number of rotatable bonds is 3. The number of hydrogen-bond acceptors (Lipinski definition) is 4. The van der Waals surface area contributed by atoms with Crippen molar-refractivity contribution < 1.29 is 9.18 Å². The maximum absolute atomic E-state index is 13.2. The first kappa shape index (κ1) is 17.9. The minimum Gasteiger partial charge on any atom is -0.338 e. The molecule has 1 fully saturated rings. The Labute approximate surface area is 160 Å². The molecule has 3 heterocycles. The lowest BCUT2D eigenvalue weighted by atomic mass is 10.0. The van der Waals surface area contributed by atoms with Gasteiger partial charge in [0.2, 0.25) is 5.91 Å². The second kappa shape index (κ2) is 7.23. The van der Waals surface area contributed by atoms with E-state index in [2.05, 4.69) is 4.98 Å². The summed E-state index contributed by atoms with van der Waals surface area (Å²) < 4.78 is 14.6. The van der Waals surface area contributed by atoms with Gasteiger partial charge >= 0.3 is 0 Å². The topological polar surface area (TPSA) is 55.2 Å². The van der Waals surface area contributed by atoms with E-state index < -0.39 is 0 Å². The fourth-order valence-electron chi connectivity index (χ4n) is 3.63. The molecule has 3 aromatic rings. The Balaban J connectivity index is 1.69. The van der Waals surface area contributed by atoms with Gasteiger partial charge in [-0.2, -0.15) is 0 Å². The minimum atomic E-state index is -0.324. The molecule has 0 N–H and O–H groups in total. The first-order valence-electron chi connectivity index (χ1n) is 9.06. The summed E-state index contributed by atoms with van der Waals surface area (Å²) in [5.41, 5.74) is 1.24. The van der Waals surface area contributed by atoms with E-state index in [1.807, 2.05) is 17.2 Å². The molecule has 0 unspecified atom stereocenters. The van der Waals surface area contributed by atoms with Crippen molar-refractivity contribution in [1.82, 2.24) is 14.5 Å². The van der Waals surface area contributed by atoms with Crippen LogP contribution in [0, 0.1) is 5.82 Å². The molecular formula is C20H20FN3O2S. The van der Waals surface area contributed by atoms with Crippen LogP contribution in [0.5, 0.6) is 0 Å². The molecule has 1 aromatic carbocycles. The molecule has 0 spiro atoms. The number of benzene rings is 1. The highest BCUT2D eigenvalue weighted by atomic mass is 32.1. The Morgan fingerprint density at radius 1 is 1.30 bits per heavy atom. The van der Waals surface area contributed by atoms with Crippen LogP contribution in [0.4, 0.5) is 4.39 Å². The molecule has 1 saturated heterocycles. The molecule has 7 heteroatoms. The Morgan fingerprint density at radius 2 is 2.07 bits per heavy atom. The third kappa shape index (κ3) is 3.39. The number of hydrogen-bond donors (Lipinski definition) is 0. The van der Waals surface area contributed by atoms with Crippen molar-refractivity contribution >= 4 is 27.5 Å². The van der Waals surface area contributed by atoms with E-state index in [4.69, 9.17) is 0 Å². The number of thiophene rings is 1. The summed E-state index contributed by atoms with van der Waals surface area (Å²) in [6, 6.07) is 6.24. The molecule has 5 nitrogen and oxygen atoms in total. The van der Waals surface area contributed by atoms with Gasteiger partial charge in [0.1, 0.15) is 17.2 Å². The van der Waals surface area contributed by atoms with Crippen LogP contribution in [0.3, 0.4) is 0 Å². The second-order valence-corrected chi connectivity index (χ2v) is 7.80. The summed E-state index contributed by atoms with van der Waals surface area (Å²) in [6.07, 6.45) is 4.58. The van der Waals surface area contributed by atoms with Crippen LogP contribution in [0.25, 0.3) is 21.3 Å². The highest BCUT2D eigenvalue weighted by Crippen LogP contribution is 2.30. The first-order valence-corrected chi connectivity index (χ1v) is 9.94. The Morgan fingerprint density at radius 3 is 2.81 bits per heavy atom. The van der Waals surface area contributed by atoms with E-state index in [-0.39, 0.29) is 29.9 Å². The van der Waals surface area contributed by atoms with Crippen LogP contribution in [-0.4, -0.2) is 32.9 Å². The Kier molecular flexibility index (Phi) is 4.78. The predicted molar refractivity (Wildman–Crippen MR) is 104 cm³/mol. The lowest BCUT2D eigenvalue weighted by Crippen LogP contribution is -2.44. The van der Waals surface area contributed by atoms with Crippen LogP contribution in [0.15, 0.2) is 40.8 Å². The maximum Gasteiger partial charge on any atom is 0.263 e. The van der Waals surface area contributed by atoms with Gasteiger partial charge in [0.05, 0.1) is 11.7 Å². The SMILES string of the molecule is C[C@@H]1CCCCN1C(=O)Cn1cnc2scc(-c3ccc(F)cc3)c2c1=O. The molecule has 4 rings (SSSR count). The molecule has 1 amide bonds. The fourth-order valence-corrected chi connectivity index (χ4v) is 4.53. The van der Waals surface area contributed by atoms with E-state index >= 15 is 0 Å². The Hall–Kier alpha value is -2.54. The lowest BCUT2D eigenvalue weighted by molar-refractivity contribution is -0.135. The van der Waals surface area contributed by atoms with Crippen molar-refractivity contribution in [2.24, 2.45) is 0 Å². The summed E-state index contributed by atoms with van der Waals surface area (Å²) in [5.74, 6) is -0.376. The van der Waals surface area contributed by atoms with Gasteiger partial charge in [-0.3, -0.25) is 14.2 Å². The number of carbonyl (C=O) groups is 1. The summed E-state index contributed by atoms with van der Waals surface area (Å²) in [5, 5.41) is 2.33. The zero-order valence-electron chi connectivity index (χ0n) is 15.0. The van der Waals surface area contributed by atoms with Gasteiger partial charge in [-0.15, -0.1) is 11.3 Å². The average Bonchev–Trinajstić information content (AvgIpc) is 3.10. The number of carbonyl (C=O) groups excluding carboxylic acids is 1. The summed E-state index contributed by atoms with van der Waals surface area (Å²) in [4.78, 5) is 32.6. The highest BCUT2D eigenvalue weighted by Gasteiger charge is 2.24. The van der Waals surface area contributed by atoms with Crippen LogP contribution in [-0.2, 0) is 11.3 Å². The molecule has 2 aromatic heterocycles. The minimum absolute atomic E-state index is 0.00911. The van der Waals surface area contributed by atoms with Gasteiger partial charge < -0.3 is 4.90 Å². The molecule has 1 aliphatic heterocycles. The number of fused-ring (bicyclic) bond motifs is 1. The van der Waals surface area contributed by atoms with E-state index in [1.165, 1.54) is 34.4 Å². The van der Waals surface area contributed by atoms with Gasteiger partial charge in [0, 0.05) is 23.5 Å². The van der Waals surface area contributed by atoms with Crippen LogP contribution < -0.4 is 5.56 Å². The molecule has 1 aliphatic rings. The van der Waals surface area contributed by atoms with Gasteiger partial charge in [-0.25, -0.2) is 9.37 Å². The number of likely N-dealkylation sites (tertiary alicyclic amines) is 1.